The monoisotopic (exact) mass is 343 g/mol. The molecule has 0 fully saturated rings. The summed E-state index contributed by atoms with van der Waals surface area (Å²) in [5.41, 5.74) is 6.07. The number of nitrogens with zero attached hydrogens (tertiary/aromatic N) is 1. The number of nitrogens with one attached hydrogen (secondary N) is 1. The average molecular weight is 344 g/mol. The summed E-state index contributed by atoms with van der Waals surface area (Å²) in [6, 6.07) is 6.26. The fourth-order valence-electron chi connectivity index (χ4n) is 1.98. The Hall–Kier alpha value is -2.12. The maximum Gasteiger partial charge on any atom is 0.317 e. The second-order valence-electron chi connectivity index (χ2n) is 4.91. The summed E-state index contributed by atoms with van der Waals surface area (Å²) < 4.78 is 0. The van der Waals surface area contributed by atoms with Gasteiger partial charge in [-0.05, 0) is 37.2 Å². The first-order chi connectivity index (χ1) is 10.4. The highest BCUT2D eigenvalue weighted by Crippen LogP contribution is 2.09. The summed E-state index contributed by atoms with van der Waals surface area (Å²) in [6.07, 6.45) is 1.02. The number of hydrogen-bond acceptors (Lipinski definition) is 4. The number of carbonyl (C=O) groups is 3. The van der Waals surface area contributed by atoms with E-state index in [1.807, 2.05) is 6.92 Å². The first-order valence-electron chi connectivity index (χ1n) is 7.06. The molecule has 8 heteroatoms. The predicted octanol–water partition coefficient (Wildman–Crippen LogP) is 1.33. The van der Waals surface area contributed by atoms with Crippen LogP contribution in [0.2, 0.25) is 0 Å². The number of hydrogen-bond donors (Lipinski definition) is 3. The lowest BCUT2D eigenvalue weighted by atomic mass is 10.2. The number of primary amides is 1. The van der Waals surface area contributed by atoms with Crippen LogP contribution in [0.15, 0.2) is 24.3 Å². The van der Waals surface area contributed by atoms with Crippen molar-refractivity contribution in [1.29, 1.82) is 0 Å². The van der Waals surface area contributed by atoms with Gasteiger partial charge in [-0.2, -0.15) is 0 Å². The minimum Gasteiger partial charge on any atom is -0.480 e. The van der Waals surface area contributed by atoms with Crippen LogP contribution in [-0.2, 0) is 9.59 Å². The Morgan fingerprint density at radius 2 is 1.78 bits per heavy atom. The van der Waals surface area contributed by atoms with Crippen LogP contribution < -0.4 is 11.1 Å². The molecule has 1 aromatic rings. The van der Waals surface area contributed by atoms with E-state index in [0.717, 1.165) is 6.42 Å². The number of amides is 2. The van der Waals surface area contributed by atoms with Gasteiger partial charge in [0.1, 0.15) is 0 Å². The van der Waals surface area contributed by atoms with Crippen molar-refractivity contribution in [3.05, 3.63) is 29.8 Å². The van der Waals surface area contributed by atoms with Crippen LogP contribution in [0.4, 0.5) is 5.69 Å². The van der Waals surface area contributed by atoms with Crippen LogP contribution in [0.25, 0.3) is 0 Å². The highest BCUT2D eigenvalue weighted by atomic mass is 35.5. The lowest BCUT2D eigenvalue weighted by Crippen LogP contribution is -2.33. The molecule has 0 spiro atoms. The molecule has 0 saturated heterocycles. The molecule has 4 N–H and O–H groups in total. The van der Waals surface area contributed by atoms with Gasteiger partial charge in [-0.1, -0.05) is 6.92 Å². The first kappa shape index (κ1) is 20.9. The van der Waals surface area contributed by atoms with Gasteiger partial charge in [0.05, 0.1) is 6.54 Å². The van der Waals surface area contributed by atoms with Crippen molar-refractivity contribution < 1.29 is 19.5 Å². The van der Waals surface area contributed by atoms with Gasteiger partial charge in [0.25, 0.3) is 0 Å². The SMILES string of the molecule is CCCN(CCC(=O)Nc1ccc(C(N)=O)cc1)CC(=O)O.Cl. The quantitative estimate of drug-likeness (QED) is 0.626. The molecule has 0 atom stereocenters. The number of anilines is 1. The van der Waals surface area contributed by atoms with Crippen LogP contribution >= 0.6 is 12.4 Å². The summed E-state index contributed by atoms with van der Waals surface area (Å²) in [7, 11) is 0. The molecule has 0 heterocycles. The molecule has 7 nitrogen and oxygen atoms in total. The Labute approximate surface area is 141 Å². The standard InChI is InChI=1S/C15H21N3O4.ClH/c1-2-8-18(10-14(20)21)9-7-13(19)17-12-5-3-11(4-6-12)15(16)22;/h3-6H,2,7-10H2,1H3,(H2,16,22)(H,17,19)(H,20,21);1H. The normalized spacial score (nSPS) is 10.0. The summed E-state index contributed by atoms with van der Waals surface area (Å²) in [4.78, 5) is 35.2. The number of carbonyl (C=O) groups excluding carboxylic acids is 2. The zero-order valence-electron chi connectivity index (χ0n) is 12.9. The minimum atomic E-state index is -0.907. The summed E-state index contributed by atoms with van der Waals surface area (Å²) in [5, 5.41) is 11.5. The molecule has 0 aliphatic heterocycles. The van der Waals surface area contributed by atoms with Crippen molar-refractivity contribution in [2.75, 3.05) is 25.0 Å². The topological polar surface area (TPSA) is 113 Å². The Bertz CT molecular complexity index is 534. The highest BCUT2D eigenvalue weighted by Gasteiger charge is 2.11. The molecule has 0 radical (unpaired) electrons. The van der Waals surface area contributed by atoms with Crippen molar-refractivity contribution in [3.63, 3.8) is 0 Å². The zero-order valence-corrected chi connectivity index (χ0v) is 13.8. The van der Waals surface area contributed by atoms with Gasteiger partial charge in [-0.25, -0.2) is 0 Å². The van der Waals surface area contributed by atoms with E-state index in [4.69, 9.17) is 10.8 Å². The van der Waals surface area contributed by atoms with E-state index in [2.05, 4.69) is 5.32 Å². The van der Waals surface area contributed by atoms with Crippen molar-refractivity contribution in [1.82, 2.24) is 4.90 Å². The molecule has 1 rings (SSSR count). The lowest BCUT2D eigenvalue weighted by molar-refractivity contribution is -0.138. The molecule has 2 amide bonds. The van der Waals surface area contributed by atoms with Gasteiger partial charge in [0.15, 0.2) is 0 Å². The Morgan fingerprint density at radius 1 is 1.17 bits per heavy atom. The molecule has 0 bridgehead atoms. The van der Waals surface area contributed by atoms with Gasteiger partial charge in [0, 0.05) is 24.2 Å². The van der Waals surface area contributed by atoms with E-state index in [1.165, 1.54) is 12.1 Å². The molecule has 0 aliphatic carbocycles. The molecule has 0 aliphatic rings. The number of rotatable bonds is 9. The van der Waals surface area contributed by atoms with Crippen LogP contribution in [0.5, 0.6) is 0 Å². The highest BCUT2D eigenvalue weighted by molar-refractivity contribution is 5.94. The Kier molecular flexibility index (Phi) is 9.60. The Morgan fingerprint density at radius 3 is 2.26 bits per heavy atom. The number of nitrogens with two attached hydrogens (primary N) is 1. The number of halogens is 1. The van der Waals surface area contributed by atoms with Gasteiger partial charge < -0.3 is 16.2 Å². The van der Waals surface area contributed by atoms with Crippen molar-refractivity contribution in [2.45, 2.75) is 19.8 Å². The van der Waals surface area contributed by atoms with E-state index in [9.17, 15) is 14.4 Å². The molecule has 23 heavy (non-hydrogen) atoms. The number of carboxylic acid groups (broad SMARTS) is 1. The van der Waals surface area contributed by atoms with Crippen molar-refractivity contribution in [3.8, 4) is 0 Å². The van der Waals surface area contributed by atoms with Crippen LogP contribution in [0.1, 0.15) is 30.1 Å². The summed E-state index contributed by atoms with van der Waals surface area (Å²) in [6.45, 7) is 2.89. The third kappa shape index (κ3) is 8.18. The maximum absolute atomic E-state index is 11.8. The smallest absolute Gasteiger partial charge is 0.317 e. The third-order valence-electron chi connectivity index (χ3n) is 3.01. The van der Waals surface area contributed by atoms with Crippen molar-refractivity contribution >= 4 is 35.9 Å². The van der Waals surface area contributed by atoms with Gasteiger partial charge >= 0.3 is 5.97 Å². The number of carboxylic acids is 1. The van der Waals surface area contributed by atoms with E-state index in [-0.39, 0.29) is 31.3 Å². The minimum absolute atomic E-state index is 0. The van der Waals surface area contributed by atoms with Gasteiger partial charge in [-0.15, -0.1) is 12.4 Å². The van der Waals surface area contributed by atoms with E-state index in [1.54, 1.807) is 17.0 Å². The second-order valence-corrected chi connectivity index (χ2v) is 4.91. The first-order valence-corrected chi connectivity index (χ1v) is 7.06. The van der Waals surface area contributed by atoms with Crippen molar-refractivity contribution in [2.24, 2.45) is 5.73 Å². The number of aliphatic carboxylic acids is 1. The lowest BCUT2D eigenvalue weighted by Gasteiger charge is -2.18. The summed E-state index contributed by atoms with van der Waals surface area (Å²) >= 11 is 0. The predicted molar refractivity (Wildman–Crippen MR) is 89.8 cm³/mol. The largest absolute Gasteiger partial charge is 0.480 e. The number of benzene rings is 1. The molecule has 0 unspecified atom stereocenters. The summed E-state index contributed by atoms with van der Waals surface area (Å²) in [5.74, 6) is -1.64. The van der Waals surface area contributed by atoms with E-state index in [0.29, 0.717) is 24.3 Å². The molecule has 1 aromatic carbocycles. The van der Waals surface area contributed by atoms with Crippen LogP contribution in [0.3, 0.4) is 0 Å². The third-order valence-corrected chi connectivity index (χ3v) is 3.01. The van der Waals surface area contributed by atoms with Crippen LogP contribution in [-0.4, -0.2) is 47.4 Å². The fraction of sp³-hybridized carbons (Fsp3) is 0.400. The molecule has 0 aromatic heterocycles. The molecular weight excluding hydrogens is 322 g/mol. The average Bonchev–Trinajstić information content (AvgIpc) is 2.45. The van der Waals surface area contributed by atoms with Gasteiger partial charge in [-0.3, -0.25) is 19.3 Å². The molecule has 0 saturated carbocycles. The maximum atomic E-state index is 11.8. The zero-order chi connectivity index (χ0) is 16.5. The fourth-order valence-corrected chi connectivity index (χ4v) is 1.98. The Balaban J connectivity index is 0.00000484. The molecular formula is C15H22ClN3O4. The van der Waals surface area contributed by atoms with E-state index >= 15 is 0 Å². The molecule has 128 valence electrons. The second kappa shape index (κ2) is 10.6. The van der Waals surface area contributed by atoms with Crippen LogP contribution in [0, 0.1) is 0 Å². The van der Waals surface area contributed by atoms with Gasteiger partial charge in [0.2, 0.25) is 11.8 Å². The van der Waals surface area contributed by atoms with E-state index < -0.39 is 11.9 Å².